The van der Waals surface area contributed by atoms with Gasteiger partial charge in [0.1, 0.15) is 5.65 Å². The molecule has 0 unspecified atom stereocenters. The van der Waals surface area contributed by atoms with Crippen LogP contribution < -0.4 is 5.32 Å². The lowest BCUT2D eigenvalue weighted by atomic mass is 10.1. The van der Waals surface area contributed by atoms with Crippen LogP contribution in [0, 0.1) is 18.3 Å². The Hall–Kier alpha value is -3.92. The van der Waals surface area contributed by atoms with Crippen LogP contribution in [0.3, 0.4) is 0 Å². The summed E-state index contributed by atoms with van der Waals surface area (Å²) >= 11 is 0. The average Bonchev–Trinajstić information content (AvgIpc) is 3.03. The Labute approximate surface area is 148 Å². The van der Waals surface area contributed by atoms with E-state index in [2.05, 4.69) is 21.4 Å². The summed E-state index contributed by atoms with van der Waals surface area (Å²) in [6, 6.07) is 13.9. The maximum absolute atomic E-state index is 11.3. The molecule has 0 amide bonds. The summed E-state index contributed by atoms with van der Waals surface area (Å²) in [6.07, 6.45) is 1.85. The van der Waals surface area contributed by atoms with Crippen LogP contribution in [0.5, 0.6) is 0 Å². The van der Waals surface area contributed by atoms with Gasteiger partial charge in [0.25, 0.3) is 0 Å². The van der Waals surface area contributed by atoms with Crippen LogP contribution in [0.2, 0.25) is 0 Å². The zero-order valence-electron chi connectivity index (χ0n) is 13.8. The van der Waals surface area contributed by atoms with Crippen molar-refractivity contribution in [1.82, 2.24) is 14.4 Å². The lowest BCUT2D eigenvalue weighted by molar-refractivity contribution is 0.0697. The number of aryl methyl sites for hydroxylation is 1. The summed E-state index contributed by atoms with van der Waals surface area (Å²) in [7, 11) is 0. The largest absolute Gasteiger partial charge is 0.478 e. The Morgan fingerprint density at radius 3 is 2.85 bits per heavy atom. The number of rotatable bonds is 3. The summed E-state index contributed by atoms with van der Waals surface area (Å²) in [5.74, 6) is -0.518. The number of carbonyl (C=O) groups is 1. The second-order valence-electron chi connectivity index (χ2n) is 5.87. The van der Waals surface area contributed by atoms with Crippen molar-refractivity contribution in [2.75, 3.05) is 5.32 Å². The number of imidazole rings is 1. The third-order valence-corrected chi connectivity index (χ3v) is 4.01. The summed E-state index contributed by atoms with van der Waals surface area (Å²) < 4.78 is 1.82. The molecule has 0 fully saturated rings. The predicted molar refractivity (Wildman–Crippen MR) is 96.6 cm³/mol. The molecule has 0 atom stereocenters. The van der Waals surface area contributed by atoms with E-state index in [1.807, 2.05) is 23.6 Å². The number of carboxylic acids is 1. The molecule has 0 saturated heterocycles. The molecule has 0 aliphatic carbocycles. The van der Waals surface area contributed by atoms with E-state index < -0.39 is 5.97 Å². The highest BCUT2D eigenvalue weighted by Gasteiger charge is 2.13. The van der Waals surface area contributed by atoms with Gasteiger partial charge in [0, 0.05) is 17.3 Å². The molecular weight excluding hydrogens is 330 g/mol. The molecule has 2 heterocycles. The van der Waals surface area contributed by atoms with Crippen LogP contribution in [0.15, 0.2) is 48.7 Å². The molecule has 4 aromatic rings. The number of carboxylic acid groups (broad SMARTS) is 1. The van der Waals surface area contributed by atoms with E-state index >= 15 is 0 Å². The summed E-state index contributed by atoms with van der Waals surface area (Å²) in [4.78, 5) is 20.4. The number of aromatic carboxylic acids is 1. The molecule has 7 heteroatoms. The molecule has 0 spiro atoms. The van der Waals surface area contributed by atoms with Crippen molar-refractivity contribution < 1.29 is 9.90 Å². The van der Waals surface area contributed by atoms with Crippen LogP contribution in [-0.4, -0.2) is 25.4 Å². The minimum Gasteiger partial charge on any atom is -0.478 e. The van der Waals surface area contributed by atoms with E-state index in [4.69, 9.17) is 5.26 Å². The van der Waals surface area contributed by atoms with Crippen LogP contribution in [-0.2, 0) is 0 Å². The maximum Gasteiger partial charge on any atom is 0.335 e. The monoisotopic (exact) mass is 343 g/mol. The van der Waals surface area contributed by atoms with Gasteiger partial charge in [0.15, 0.2) is 0 Å². The number of nitrogens with zero attached hydrogens (tertiary/aromatic N) is 4. The minimum atomic E-state index is -1.01. The molecule has 7 nitrogen and oxygen atoms in total. The lowest BCUT2D eigenvalue weighted by Crippen LogP contribution is -2.03. The van der Waals surface area contributed by atoms with Crippen molar-refractivity contribution >= 4 is 34.2 Å². The number of nitriles is 1. The van der Waals surface area contributed by atoms with Gasteiger partial charge in [-0.15, -0.1) is 0 Å². The lowest BCUT2D eigenvalue weighted by Gasteiger charge is -2.10. The van der Waals surface area contributed by atoms with Gasteiger partial charge < -0.3 is 10.4 Å². The topological polar surface area (TPSA) is 103 Å². The quantitative estimate of drug-likeness (QED) is 0.590. The standard InChI is InChI=1S/C19H13N5O2/c1-11-10-24-17(21-11)15-6-5-13(18(25)26)8-16(15)23-19(24)22-14-4-2-3-12(7-14)9-20/h2-8,10H,1H3,(H,22,23)(H,25,26). The van der Waals surface area contributed by atoms with Crippen molar-refractivity contribution in [3.05, 3.63) is 65.5 Å². The first kappa shape index (κ1) is 15.6. The smallest absolute Gasteiger partial charge is 0.335 e. The Morgan fingerprint density at radius 1 is 1.23 bits per heavy atom. The number of hydrogen-bond donors (Lipinski definition) is 2. The van der Waals surface area contributed by atoms with Crippen molar-refractivity contribution in [1.29, 1.82) is 5.26 Å². The Bertz CT molecular complexity index is 1220. The number of nitrogens with one attached hydrogen (secondary N) is 1. The maximum atomic E-state index is 11.3. The summed E-state index contributed by atoms with van der Waals surface area (Å²) in [6.45, 7) is 1.88. The Kier molecular flexibility index (Phi) is 3.52. The Balaban J connectivity index is 1.93. The second-order valence-corrected chi connectivity index (χ2v) is 5.87. The van der Waals surface area contributed by atoms with Gasteiger partial charge in [-0.3, -0.25) is 4.40 Å². The molecule has 2 aromatic carbocycles. The summed E-state index contributed by atoms with van der Waals surface area (Å²) in [5.41, 5.74) is 3.43. The van der Waals surface area contributed by atoms with Gasteiger partial charge >= 0.3 is 5.97 Å². The van der Waals surface area contributed by atoms with E-state index in [1.54, 1.807) is 30.3 Å². The number of anilines is 2. The highest BCUT2D eigenvalue weighted by atomic mass is 16.4. The van der Waals surface area contributed by atoms with Gasteiger partial charge in [-0.25, -0.2) is 14.8 Å². The summed E-state index contributed by atoms with van der Waals surface area (Å²) in [5, 5.41) is 22.2. The molecule has 2 aromatic heterocycles. The van der Waals surface area contributed by atoms with Gasteiger partial charge in [-0.05, 0) is 43.3 Å². The molecule has 0 aliphatic heterocycles. The molecular formula is C19H13N5O2. The fraction of sp³-hybridized carbons (Fsp3) is 0.0526. The number of fused-ring (bicyclic) bond motifs is 3. The van der Waals surface area contributed by atoms with Gasteiger partial charge in [0.05, 0.1) is 28.4 Å². The SMILES string of the molecule is Cc1cn2c(Nc3cccc(C#N)c3)nc3cc(C(=O)O)ccc3c2n1. The second kappa shape index (κ2) is 5.86. The third-order valence-electron chi connectivity index (χ3n) is 4.01. The average molecular weight is 343 g/mol. The van der Waals surface area contributed by atoms with Crippen molar-refractivity contribution in [3.8, 4) is 6.07 Å². The predicted octanol–water partition coefficient (Wildman–Crippen LogP) is 3.50. The molecule has 0 saturated carbocycles. The van der Waals surface area contributed by atoms with Crippen molar-refractivity contribution in [2.45, 2.75) is 6.92 Å². The highest BCUT2D eigenvalue weighted by Crippen LogP contribution is 2.25. The molecule has 0 radical (unpaired) electrons. The molecule has 4 rings (SSSR count). The molecule has 0 aliphatic rings. The third kappa shape index (κ3) is 2.59. The first-order valence-electron chi connectivity index (χ1n) is 7.85. The minimum absolute atomic E-state index is 0.162. The van der Waals surface area contributed by atoms with Crippen LogP contribution >= 0.6 is 0 Å². The first-order chi connectivity index (χ1) is 12.5. The van der Waals surface area contributed by atoms with E-state index in [0.29, 0.717) is 28.4 Å². The number of aromatic nitrogens is 3. The van der Waals surface area contributed by atoms with Crippen LogP contribution in [0.4, 0.5) is 11.6 Å². The zero-order valence-corrected chi connectivity index (χ0v) is 13.8. The zero-order chi connectivity index (χ0) is 18.3. The van der Waals surface area contributed by atoms with E-state index in [1.165, 1.54) is 6.07 Å². The van der Waals surface area contributed by atoms with E-state index in [0.717, 1.165) is 11.1 Å². The van der Waals surface area contributed by atoms with Crippen LogP contribution in [0.1, 0.15) is 21.6 Å². The van der Waals surface area contributed by atoms with Gasteiger partial charge in [0.2, 0.25) is 5.95 Å². The highest BCUT2D eigenvalue weighted by molar-refractivity contribution is 5.98. The number of hydrogen-bond acceptors (Lipinski definition) is 5. The molecule has 0 bridgehead atoms. The first-order valence-corrected chi connectivity index (χ1v) is 7.85. The Morgan fingerprint density at radius 2 is 2.08 bits per heavy atom. The molecule has 126 valence electrons. The van der Waals surface area contributed by atoms with Crippen LogP contribution in [0.25, 0.3) is 16.6 Å². The van der Waals surface area contributed by atoms with E-state index in [9.17, 15) is 9.90 Å². The van der Waals surface area contributed by atoms with Crippen molar-refractivity contribution in [3.63, 3.8) is 0 Å². The fourth-order valence-corrected chi connectivity index (χ4v) is 2.85. The van der Waals surface area contributed by atoms with E-state index in [-0.39, 0.29) is 5.56 Å². The molecule has 2 N–H and O–H groups in total. The molecule has 26 heavy (non-hydrogen) atoms. The number of benzene rings is 2. The van der Waals surface area contributed by atoms with Gasteiger partial charge in [-0.1, -0.05) is 6.07 Å². The normalized spacial score (nSPS) is 10.8. The van der Waals surface area contributed by atoms with Crippen molar-refractivity contribution in [2.24, 2.45) is 0 Å². The van der Waals surface area contributed by atoms with Gasteiger partial charge in [-0.2, -0.15) is 5.26 Å². The fourth-order valence-electron chi connectivity index (χ4n) is 2.85.